The Hall–Kier alpha value is -1.09. The van der Waals surface area contributed by atoms with Gasteiger partial charge in [-0.05, 0) is 49.5 Å². The van der Waals surface area contributed by atoms with Gasteiger partial charge in [0.2, 0.25) is 0 Å². The average Bonchev–Trinajstić information content (AvgIpc) is 2.50. The summed E-state index contributed by atoms with van der Waals surface area (Å²) in [5.41, 5.74) is 3.11. The molecule has 3 rings (SSSR count). The zero-order valence-electron chi connectivity index (χ0n) is 11.0. The molecule has 98 valence electrons. The minimum absolute atomic E-state index is 0.0216. The summed E-state index contributed by atoms with van der Waals surface area (Å²) in [5, 5.41) is 9.95. The maximum absolute atomic E-state index is 11.6. The lowest BCUT2D eigenvalue weighted by Crippen LogP contribution is -2.44. The normalized spacial score (nSPS) is 43.6. The second kappa shape index (κ2) is 3.70. The summed E-state index contributed by atoms with van der Waals surface area (Å²) in [6.07, 6.45) is 2.85. The summed E-state index contributed by atoms with van der Waals surface area (Å²) >= 11 is 0. The summed E-state index contributed by atoms with van der Waals surface area (Å²) < 4.78 is 5.44. The van der Waals surface area contributed by atoms with Crippen molar-refractivity contribution in [1.29, 1.82) is 0 Å². The smallest absolute Gasteiger partial charge is 0.334 e. The highest BCUT2D eigenvalue weighted by Crippen LogP contribution is 2.55. The lowest BCUT2D eigenvalue weighted by atomic mass is 9.56. The molecule has 2 aliphatic carbocycles. The molecule has 0 radical (unpaired) electrons. The highest BCUT2D eigenvalue weighted by atomic mass is 16.5. The SMILES string of the molecule is C=C1CC(O)CC2(C)CC3OC(=O)C(C)=C3CC12. The molecule has 1 aliphatic heterocycles. The van der Waals surface area contributed by atoms with Crippen LogP contribution in [0.1, 0.15) is 39.5 Å². The monoisotopic (exact) mass is 248 g/mol. The van der Waals surface area contributed by atoms with Crippen LogP contribution in [0.15, 0.2) is 23.3 Å². The van der Waals surface area contributed by atoms with Crippen LogP contribution in [0.3, 0.4) is 0 Å². The maximum atomic E-state index is 11.6. The first-order chi connectivity index (χ1) is 8.40. The van der Waals surface area contributed by atoms with Crippen molar-refractivity contribution >= 4 is 5.97 Å². The van der Waals surface area contributed by atoms with Crippen LogP contribution in [-0.4, -0.2) is 23.3 Å². The standard InChI is InChI=1S/C15H20O3/c1-8-4-10(16)6-15(3)7-13-11(5-12(8)15)9(2)14(17)18-13/h10,12-13,16H,1,4-7H2,2-3H3. The lowest BCUT2D eigenvalue weighted by molar-refractivity contribution is -0.142. The van der Waals surface area contributed by atoms with Gasteiger partial charge in [0.15, 0.2) is 0 Å². The van der Waals surface area contributed by atoms with Crippen molar-refractivity contribution in [2.45, 2.75) is 51.7 Å². The van der Waals surface area contributed by atoms with Crippen molar-refractivity contribution in [3.63, 3.8) is 0 Å². The number of hydrogen-bond acceptors (Lipinski definition) is 3. The van der Waals surface area contributed by atoms with Gasteiger partial charge in [-0.2, -0.15) is 0 Å². The number of hydrogen-bond donors (Lipinski definition) is 1. The summed E-state index contributed by atoms with van der Waals surface area (Å²) in [6.45, 7) is 8.20. The number of aliphatic hydroxyl groups is 1. The molecule has 2 saturated carbocycles. The van der Waals surface area contributed by atoms with Crippen molar-refractivity contribution in [1.82, 2.24) is 0 Å². The maximum Gasteiger partial charge on any atom is 0.334 e. The Labute approximate surface area is 108 Å². The molecule has 0 bridgehead atoms. The molecule has 0 amide bonds. The Bertz CT molecular complexity index is 462. The van der Waals surface area contributed by atoms with Crippen LogP contribution < -0.4 is 0 Å². The van der Waals surface area contributed by atoms with E-state index in [1.54, 1.807) is 0 Å². The molecule has 4 atom stereocenters. The van der Waals surface area contributed by atoms with Crippen molar-refractivity contribution in [3.05, 3.63) is 23.3 Å². The van der Waals surface area contributed by atoms with Crippen LogP contribution in [0.25, 0.3) is 0 Å². The second-order valence-electron chi connectivity index (χ2n) is 6.38. The molecule has 1 heterocycles. The van der Waals surface area contributed by atoms with Gasteiger partial charge < -0.3 is 9.84 Å². The second-order valence-corrected chi connectivity index (χ2v) is 6.38. The van der Waals surface area contributed by atoms with E-state index >= 15 is 0 Å². The first-order valence-corrected chi connectivity index (χ1v) is 6.67. The Kier molecular flexibility index (Phi) is 2.46. The zero-order valence-corrected chi connectivity index (χ0v) is 11.0. The summed E-state index contributed by atoms with van der Waals surface area (Å²) in [6, 6.07) is 0. The number of ether oxygens (including phenoxy) is 1. The van der Waals surface area contributed by atoms with Crippen molar-refractivity contribution < 1.29 is 14.6 Å². The molecule has 0 saturated heterocycles. The Morgan fingerprint density at radius 3 is 2.83 bits per heavy atom. The van der Waals surface area contributed by atoms with Gasteiger partial charge in [0.05, 0.1) is 6.10 Å². The molecule has 0 aromatic rings. The van der Waals surface area contributed by atoms with Gasteiger partial charge in [-0.25, -0.2) is 4.79 Å². The molecular formula is C15H20O3. The number of esters is 1. The van der Waals surface area contributed by atoms with Crippen LogP contribution in [0, 0.1) is 11.3 Å². The largest absolute Gasteiger partial charge is 0.454 e. The molecule has 0 aromatic carbocycles. The lowest BCUT2D eigenvalue weighted by Gasteiger charge is -2.49. The average molecular weight is 248 g/mol. The van der Waals surface area contributed by atoms with Crippen LogP contribution in [-0.2, 0) is 9.53 Å². The van der Waals surface area contributed by atoms with E-state index in [1.807, 2.05) is 6.92 Å². The van der Waals surface area contributed by atoms with Gasteiger partial charge in [-0.1, -0.05) is 19.1 Å². The Balaban J connectivity index is 1.96. The van der Waals surface area contributed by atoms with E-state index in [0.29, 0.717) is 12.3 Å². The third-order valence-electron chi connectivity index (χ3n) is 5.04. The van der Waals surface area contributed by atoms with Crippen LogP contribution >= 0.6 is 0 Å². The van der Waals surface area contributed by atoms with Gasteiger partial charge in [0, 0.05) is 5.57 Å². The minimum Gasteiger partial charge on any atom is -0.454 e. The Morgan fingerprint density at radius 1 is 1.39 bits per heavy atom. The van der Waals surface area contributed by atoms with Crippen molar-refractivity contribution in [3.8, 4) is 0 Å². The predicted octanol–water partition coefficient (Wildman–Crippen LogP) is 2.36. The Morgan fingerprint density at radius 2 is 2.11 bits per heavy atom. The quantitative estimate of drug-likeness (QED) is 0.529. The van der Waals surface area contributed by atoms with Gasteiger partial charge in [0.1, 0.15) is 6.10 Å². The van der Waals surface area contributed by atoms with Crippen molar-refractivity contribution in [2.24, 2.45) is 11.3 Å². The molecule has 3 aliphatic rings. The zero-order chi connectivity index (χ0) is 13.1. The summed E-state index contributed by atoms with van der Waals surface area (Å²) in [4.78, 5) is 11.6. The number of aliphatic hydroxyl groups excluding tert-OH is 1. The molecule has 1 N–H and O–H groups in total. The molecule has 3 nitrogen and oxygen atoms in total. The van der Waals surface area contributed by atoms with Gasteiger partial charge >= 0.3 is 5.97 Å². The van der Waals surface area contributed by atoms with E-state index in [-0.39, 0.29) is 23.6 Å². The number of carbonyl (C=O) groups is 1. The molecule has 0 spiro atoms. The molecule has 0 aromatic heterocycles. The number of carbonyl (C=O) groups excluding carboxylic acids is 1. The van der Waals surface area contributed by atoms with E-state index in [9.17, 15) is 9.90 Å². The molecular weight excluding hydrogens is 228 g/mol. The first kappa shape index (κ1) is 12.0. The summed E-state index contributed by atoms with van der Waals surface area (Å²) in [5.74, 6) is 0.222. The van der Waals surface area contributed by atoms with Gasteiger partial charge in [-0.3, -0.25) is 0 Å². The third-order valence-corrected chi connectivity index (χ3v) is 5.04. The fraction of sp³-hybridized carbons (Fsp3) is 0.667. The van der Waals surface area contributed by atoms with Crippen molar-refractivity contribution in [2.75, 3.05) is 0 Å². The summed E-state index contributed by atoms with van der Waals surface area (Å²) in [7, 11) is 0. The molecule has 3 heteroatoms. The molecule has 18 heavy (non-hydrogen) atoms. The molecule has 2 fully saturated rings. The fourth-order valence-electron chi connectivity index (χ4n) is 4.06. The van der Waals surface area contributed by atoms with Crippen LogP contribution in [0.4, 0.5) is 0 Å². The highest BCUT2D eigenvalue weighted by Gasteiger charge is 2.50. The van der Waals surface area contributed by atoms with E-state index in [2.05, 4.69) is 13.5 Å². The van der Waals surface area contributed by atoms with Gasteiger partial charge in [-0.15, -0.1) is 0 Å². The first-order valence-electron chi connectivity index (χ1n) is 6.67. The van der Waals surface area contributed by atoms with Crippen LogP contribution in [0.5, 0.6) is 0 Å². The predicted molar refractivity (Wildman–Crippen MR) is 67.8 cm³/mol. The highest BCUT2D eigenvalue weighted by molar-refractivity contribution is 5.91. The van der Waals surface area contributed by atoms with E-state index < -0.39 is 0 Å². The number of fused-ring (bicyclic) bond motifs is 2. The topological polar surface area (TPSA) is 46.5 Å². The van der Waals surface area contributed by atoms with E-state index in [0.717, 1.165) is 30.4 Å². The molecule has 4 unspecified atom stereocenters. The van der Waals surface area contributed by atoms with E-state index in [1.165, 1.54) is 5.57 Å². The van der Waals surface area contributed by atoms with E-state index in [4.69, 9.17) is 4.74 Å². The minimum atomic E-state index is -0.289. The number of rotatable bonds is 0. The fourth-order valence-corrected chi connectivity index (χ4v) is 4.06. The van der Waals surface area contributed by atoms with Gasteiger partial charge in [0.25, 0.3) is 0 Å². The van der Waals surface area contributed by atoms with Crippen LogP contribution in [0.2, 0.25) is 0 Å². The third kappa shape index (κ3) is 1.57.